The van der Waals surface area contributed by atoms with E-state index in [0.29, 0.717) is 19.8 Å². The molecule has 4 nitrogen and oxygen atoms in total. The Morgan fingerprint density at radius 3 is 2.83 bits per heavy atom. The van der Waals surface area contributed by atoms with Crippen molar-refractivity contribution in [1.82, 2.24) is 4.90 Å². The molecule has 2 rings (SSSR count). The smallest absolute Gasteiger partial charge is 0.335 e. The summed E-state index contributed by atoms with van der Waals surface area (Å²) < 4.78 is 10.5. The van der Waals surface area contributed by atoms with Gasteiger partial charge in [-0.2, -0.15) is 0 Å². The van der Waals surface area contributed by atoms with E-state index in [4.69, 9.17) is 9.47 Å². The van der Waals surface area contributed by atoms with E-state index >= 15 is 0 Å². The van der Waals surface area contributed by atoms with Gasteiger partial charge in [0, 0.05) is 13.1 Å². The molecule has 1 aromatic rings. The molecule has 1 atom stereocenters. The molecular formula is C14H19NO3. The highest BCUT2D eigenvalue weighted by atomic mass is 16.6. The number of hydrogen-bond acceptors (Lipinski definition) is 4. The molecule has 0 N–H and O–H groups in total. The molecule has 1 heterocycles. The number of carbonyl (C=O) groups excluding carboxylic acids is 1. The van der Waals surface area contributed by atoms with E-state index in [2.05, 4.69) is 17.0 Å². The quantitative estimate of drug-likeness (QED) is 0.763. The Hall–Kier alpha value is -1.39. The van der Waals surface area contributed by atoms with Gasteiger partial charge in [0.05, 0.1) is 6.61 Å². The third kappa shape index (κ3) is 3.55. The molecule has 1 aliphatic rings. The topological polar surface area (TPSA) is 38.8 Å². The van der Waals surface area contributed by atoms with Gasteiger partial charge in [-0.3, -0.25) is 4.90 Å². The number of nitrogens with zero attached hydrogens (tertiary/aromatic N) is 1. The summed E-state index contributed by atoms with van der Waals surface area (Å²) in [7, 11) is 0. The second-order valence-corrected chi connectivity index (χ2v) is 4.36. The molecule has 4 heteroatoms. The SMILES string of the molecule is CCOC(=O)C1CCN(Cc2ccccc2)CO1. The van der Waals surface area contributed by atoms with Gasteiger partial charge in [0.15, 0.2) is 6.10 Å². The summed E-state index contributed by atoms with van der Waals surface area (Å²) in [6, 6.07) is 10.3. The Labute approximate surface area is 107 Å². The van der Waals surface area contributed by atoms with Crippen LogP contribution in [-0.4, -0.2) is 36.9 Å². The Bertz CT molecular complexity index is 372. The Morgan fingerprint density at radius 2 is 2.22 bits per heavy atom. The first kappa shape index (κ1) is 13.1. The molecule has 0 bridgehead atoms. The van der Waals surface area contributed by atoms with E-state index in [-0.39, 0.29) is 5.97 Å². The van der Waals surface area contributed by atoms with Crippen molar-refractivity contribution in [3.05, 3.63) is 35.9 Å². The zero-order valence-corrected chi connectivity index (χ0v) is 10.7. The summed E-state index contributed by atoms with van der Waals surface area (Å²) >= 11 is 0. The molecule has 98 valence electrons. The lowest BCUT2D eigenvalue weighted by molar-refractivity contribution is -0.166. The number of rotatable bonds is 4. The van der Waals surface area contributed by atoms with E-state index in [9.17, 15) is 4.79 Å². The summed E-state index contributed by atoms with van der Waals surface area (Å²) in [5.74, 6) is -0.239. The normalized spacial score (nSPS) is 20.6. The monoisotopic (exact) mass is 249 g/mol. The van der Waals surface area contributed by atoms with Gasteiger partial charge >= 0.3 is 5.97 Å². The molecule has 1 fully saturated rings. The minimum Gasteiger partial charge on any atom is -0.464 e. The van der Waals surface area contributed by atoms with Crippen molar-refractivity contribution >= 4 is 5.97 Å². The fourth-order valence-corrected chi connectivity index (χ4v) is 2.03. The van der Waals surface area contributed by atoms with Crippen LogP contribution in [0.1, 0.15) is 18.9 Å². The molecular weight excluding hydrogens is 230 g/mol. The molecule has 0 spiro atoms. The number of esters is 1. The van der Waals surface area contributed by atoms with Crippen LogP contribution in [-0.2, 0) is 20.8 Å². The van der Waals surface area contributed by atoms with Gasteiger partial charge < -0.3 is 9.47 Å². The maximum absolute atomic E-state index is 11.5. The van der Waals surface area contributed by atoms with Gasteiger partial charge in [-0.1, -0.05) is 30.3 Å². The Morgan fingerprint density at radius 1 is 1.44 bits per heavy atom. The van der Waals surface area contributed by atoms with Crippen molar-refractivity contribution in [1.29, 1.82) is 0 Å². The minimum atomic E-state index is -0.392. The molecule has 1 unspecified atom stereocenters. The van der Waals surface area contributed by atoms with Crippen LogP contribution < -0.4 is 0 Å². The van der Waals surface area contributed by atoms with Crippen molar-refractivity contribution in [2.45, 2.75) is 26.0 Å². The molecule has 0 saturated carbocycles. The molecule has 18 heavy (non-hydrogen) atoms. The van der Waals surface area contributed by atoms with E-state index in [1.54, 1.807) is 0 Å². The minimum absolute atomic E-state index is 0.239. The van der Waals surface area contributed by atoms with E-state index in [0.717, 1.165) is 13.1 Å². The fraction of sp³-hybridized carbons (Fsp3) is 0.500. The van der Waals surface area contributed by atoms with Gasteiger partial charge in [-0.05, 0) is 18.9 Å². The first-order chi connectivity index (χ1) is 8.79. The summed E-state index contributed by atoms with van der Waals surface area (Å²) in [5.41, 5.74) is 1.26. The van der Waals surface area contributed by atoms with Crippen LogP contribution in [0.3, 0.4) is 0 Å². The molecule has 0 amide bonds. The lowest BCUT2D eigenvalue weighted by atomic mass is 10.2. The van der Waals surface area contributed by atoms with E-state index < -0.39 is 6.10 Å². The average molecular weight is 249 g/mol. The molecule has 1 aliphatic heterocycles. The van der Waals surface area contributed by atoms with Gasteiger partial charge in [0.1, 0.15) is 6.73 Å². The zero-order valence-electron chi connectivity index (χ0n) is 10.7. The summed E-state index contributed by atoms with van der Waals surface area (Å²) in [6.07, 6.45) is 0.308. The van der Waals surface area contributed by atoms with Crippen LogP contribution in [0.4, 0.5) is 0 Å². The molecule has 1 saturated heterocycles. The largest absolute Gasteiger partial charge is 0.464 e. The Kier molecular flexibility index (Phi) is 4.73. The van der Waals surface area contributed by atoms with E-state index in [1.165, 1.54) is 5.56 Å². The Balaban J connectivity index is 1.78. The highest BCUT2D eigenvalue weighted by Crippen LogP contribution is 2.14. The first-order valence-electron chi connectivity index (χ1n) is 6.34. The lowest BCUT2D eigenvalue weighted by Gasteiger charge is -2.30. The first-order valence-corrected chi connectivity index (χ1v) is 6.34. The van der Waals surface area contributed by atoms with Crippen molar-refractivity contribution in [3.8, 4) is 0 Å². The highest BCUT2D eigenvalue weighted by molar-refractivity contribution is 5.74. The maximum Gasteiger partial charge on any atom is 0.335 e. The fourth-order valence-electron chi connectivity index (χ4n) is 2.03. The van der Waals surface area contributed by atoms with Crippen molar-refractivity contribution in [3.63, 3.8) is 0 Å². The number of carbonyl (C=O) groups is 1. The summed E-state index contributed by atoms with van der Waals surface area (Å²) in [4.78, 5) is 13.7. The summed E-state index contributed by atoms with van der Waals surface area (Å²) in [5, 5.41) is 0. The third-order valence-corrected chi connectivity index (χ3v) is 2.96. The highest BCUT2D eigenvalue weighted by Gasteiger charge is 2.26. The molecule has 1 aromatic carbocycles. The number of hydrogen-bond donors (Lipinski definition) is 0. The van der Waals surface area contributed by atoms with Crippen LogP contribution >= 0.6 is 0 Å². The van der Waals surface area contributed by atoms with Crippen molar-refractivity contribution < 1.29 is 14.3 Å². The predicted octanol–water partition coefficient (Wildman–Crippen LogP) is 1.80. The number of ether oxygens (including phenoxy) is 2. The lowest BCUT2D eigenvalue weighted by Crippen LogP contribution is -2.41. The standard InChI is InChI=1S/C14H19NO3/c1-2-17-14(16)13-8-9-15(11-18-13)10-12-6-4-3-5-7-12/h3-7,13H,2,8-11H2,1H3. The molecule has 0 aliphatic carbocycles. The number of benzene rings is 1. The second kappa shape index (κ2) is 6.52. The van der Waals surface area contributed by atoms with E-state index in [1.807, 2.05) is 25.1 Å². The maximum atomic E-state index is 11.5. The zero-order chi connectivity index (χ0) is 12.8. The third-order valence-electron chi connectivity index (χ3n) is 2.96. The van der Waals surface area contributed by atoms with Crippen LogP contribution in [0.2, 0.25) is 0 Å². The van der Waals surface area contributed by atoms with Crippen LogP contribution in [0.5, 0.6) is 0 Å². The second-order valence-electron chi connectivity index (χ2n) is 4.36. The van der Waals surface area contributed by atoms with Gasteiger partial charge in [0.25, 0.3) is 0 Å². The van der Waals surface area contributed by atoms with Gasteiger partial charge in [0.2, 0.25) is 0 Å². The average Bonchev–Trinajstić information content (AvgIpc) is 2.41. The van der Waals surface area contributed by atoms with Crippen LogP contribution in [0.25, 0.3) is 0 Å². The van der Waals surface area contributed by atoms with Gasteiger partial charge in [-0.15, -0.1) is 0 Å². The molecule has 0 aromatic heterocycles. The van der Waals surface area contributed by atoms with Gasteiger partial charge in [-0.25, -0.2) is 4.79 Å². The van der Waals surface area contributed by atoms with Crippen molar-refractivity contribution in [2.24, 2.45) is 0 Å². The van der Waals surface area contributed by atoms with Crippen LogP contribution in [0.15, 0.2) is 30.3 Å². The predicted molar refractivity (Wildman–Crippen MR) is 67.8 cm³/mol. The molecule has 0 radical (unpaired) electrons. The van der Waals surface area contributed by atoms with Crippen LogP contribution in [0, 0.1) is 0 Å². The summed E-state index contributed by atoms with van der Waals surface area (Å²) in [6.45, 7) is 4.42. The van der Waals surface area contributed by atoms with Crippen molar-refractivity contribution in [2.75, 3.05) is 19.9 Å².